The topological polar surface area (TPSA) is 60.5 Å². The van der Waals surface area contributed by atoms with Crippen molar-refractivity contribution in [1.82, 2.24) is 15.2 Å². The van der Waals surface area contributed by atoms with E-state index in [4.69, 9.17) is 0 Å². The van der Waals surface area contributed by atoms with Crippen LogP contribution in [0.5, 0.6) is 0 Å². The van der Waals surface area contributed by atoms with Gasteiger partial charge in [-0.2, -0.15) is 0 Å². The zero-order chi connectivity index (χ0) is 17.6. The maximum absolute atomic E-state index is 12.1. The smallest absolute Gasteiger partial charge is 0.319 e. The van der Waals surface area contributed by atoms with Crippen LogP contribution in [0.2, 0.25) is 0 Å². The van der Waals surface area contributed by atoms with E-state index >= 15 is 0 Å². The third kappa shape index (κ3) is 4.70. The molecule has 2 heterocycles. The number of nitrogens with one attached hydrogen (secondary N) is 2. The van der Waals surface area contributed by atoms with Gasteiger partial charge in [-0.05, 0) is 32.2 Å². The molecule has 0 aliphatic carbocycles. The highest BCUT2D eigenvalue weighted by atomic mass is 16.2. The Balaban J connectivity index is 1.59. The lowest BCUT2D eigenvalue weighted by Crippen LogP contribution is -2.45. The Morgan fingerprint density at radius 2 is 1.84 bits per heavy atom. The van der Waals surface area contributed by atoms with Crippen LogP contribution >= 0.6 is 0 Å². The van der Waals surface area contributed by atoms with Crippen LogP contribution in [-0.2, 0) is 6.54 Å². The van der Waals surface area contributed by atoms with Crippen LogP contribution in [0.4, 0.5) is 16.3 Å². The summed E-state index contributed by atoms with van der Waals surface area (Å²) in [6.45, 7) is 6.43. The molecule has 6 heteroatoms. The van der Waals surface area contributed by atoms with Gasteiger partial charge in [0.05, 0.1) is 0 Å². The minimum absolute atomic E-state index is 0.211. The van der Waals surface area contributed by atoms with E-state index < -0.39 is 0 Å². The standard InChI is InChI=1S/C19H25N5O/c1-15-5-7-17(8-6-15)22-19(25)21-14-16-4-3-9-20-18(16)24-12-10-23(2)11-13-24/h3-9H,10-14H2,1-2H3,(H2,21,22,25). The van der Waals surface area contributed by atoms with Crippen LogP contribution in [0, 0.1) is 6.92 Å². The predicted molar refractivity (Wildman–Crippen MR) is 101 cm³/mol. The number of nitrogens with zero attached hydrogens (tertiary/aromatic N) is 3. The monoisotopic (exact) mass is 339 g/mol. The van der Waals surface area contributed by atoms with E-state index in [1.807, 2.05) is 49.5 Å². The van der Waals surface area contributed by atoms with Crippen LogP contribution in [0.25, 0.3) is 0 Å². The lowest BCUT2D eigenvalue weighted by Gasteiger charge is -2.34. The van der Waals surface area contributed by atoms with E-state index in [2.05, 4.69) is 32.5 Å². The van der Waals surface area contributed by atoms with E-state index in [0.717, 1.165) is 48.8 Å². The average Bonchev–Trinajstić information content (AvgIpc) is 2.63. The average molecular weight is 339 g/mol. The number of benzene rings is 1. The maximum Gasteiger partial charge on any atom is 0.319 e. The number of likely N-dealkylation sites (N-methyl/N-ethyl adjacent to an activating group) is 1. The van der Waals surface area contributed by atoms with Crippen molar-refractivity contribution < 1.29 is 4.79 Å². The number of carbonyl (C=O) groups is 1. The summed E-state index contributed by atoms with van der Waals surface area (Å²) < 4.78 is 0. The molecule has 1 aliphatic rings. The molecule has 0 radical (unpaired) electrons. The first-order chi connectivity index (χ1) is 12.1. The van der Waals surface area contributed by atoms with Gasteiger partial charge in [0.25, 0.3) is 0 Å². The van der Waals surface area contributed by atoms with Gasteiger partial charge in [0.2, 0.25) is 0 Å². The van der Waals surface area contributed by atoms with Crippen LogP contribution in [0.3, 0.4) is 0 Å². The van der Waals surface area contributed by atoms with Gasteiger partial charge in [0.1, 0.15) is 5.82 Å². The van der Waals surface area contributed by atoms with Gasteiger partial charge in [-0.3, -0.25) is 0 Å². The number of piperazine rings is 1. The molecule has 0 atom stereocenters. The summed E-state index contributed by atoms with van der Waals surface area (Å²) in [6.07, 6.45) is 1.81. The number of pyridine rings is 1. The zero-order valence-electron chi connectivity index (χ0n) is 14.8. The van der Waals surface area contributed by atoms with Gasteiger partial charge in [-0.1, -0.05) is 23.8 Å². The Labute approximate surface area is 148 Å². The van der Waals surface area contributed by atoms with Crippen molar-refractivity contribution in [3.8, 4) is 0 Å². The highest BCUT2D eigenvalue weighted by Crippen LogP contribution is 2.18. The van der Waals surface area contributed by atoms with Crippen LogP contribution in [0.15, 0.2) is 42.6 Å². The Morgan fingerprint density at radius 3 is 2.56 bits per heavy atom. The summed E-state index contributed by atoms with van der Waals surface area (Å²) >= 11 is 0. The molecule has 2 N–H and O–H groups in total. The summed E-state index contributed by atoms with van der Waals surface area (Å²) in [5, 5.41) is 5.78. The van der Waals surface area contributed by atoms with E-state index in [1.54, 1.807) is 0 Å². The number of amides is 2. The molecule has 0 spiro atoms. The molecule has 0 bridgehead atoms. The third-order valence-electron chi connectivity index (χ3n) is 4.42. The highest BCUT2D eigenvalue weighted by Gasteiger charge is 2.18. The normalized spacial score (nSPS) is 15.0. The molecule has 0 saturated carbocycles. The van der Waals surface area contributed by atoms with E-state index in [-0.39, 0.29) is 6.03 Å². The molecule has 1 aromatic heterocycles. The maximum atomic E-state index is 12.1. The summed E-state index contributed by atoms with van der Waals surface area (Å²) in [4.78, 5) is 21.3. The number of aromatic nitrogens is 1. The fourth-order valence-electron chi connectivity index (χ4n) is 2.86. The van der Waals surface area contributed by atoms with Gasteiger partial charge in [-0.15, -0.1) is 0 Å². The Morgan fingerprint density at radius 1 is 1.12 bits per heavy atom. The van der Waals surface area contributed by atoms with Gasteiger partial charge in [0.15, 0.2) is 0 Å². The van der Waals surface area contributed by atoms with Crippen molar-refractivity contribution in [2.75, 3.05) is 43.4 Å². The minimum Gasteiger partial charge on any atom is -0.354 e. The molecule has 132 valence electrons. The number of hydrogen-bond donors (Lipinski definition) is 2. The Hall–Kier alpha value is -2.60. The summed E-state index contributed by atoms with van der Waals surface area (Å²) in [7, 11) is 2.13. The lowest BCUT2D eigenvalue weighted by molar-refractivity contribution is 0.251. The molecule has 1 aliphatic heterocycles. The van der Waals surface area contributed by atoms with E-state index in [1.165, 1.54) is 0 Å². The largest absolute Gasteiger partial charge is 0.354 e. The van der Waals surface area contributed by atoms with Crippen molar-refractivity contribution in [2.24, 2.45) is 0 Å². The van der Waals surface area contributed by atoms with Crippen molar-refractivity contribution in [2.45, 2.75) is 13.5 Å². The molecule has 25 heavy (non-hydrogen) atoms. The zero-order valence-corrected chi connectivity index (χ0v) is 14.8. The molecular formula is C19H25N5O. The second-order valence-corrected chi connectivity index (χ2v) is 6.45. The van der Waals surface area contributed by atoms with Crippen molar-refractivity contribution >= 4 is 17.5 Å². The molecule has 2 amide bonds. The fourth-order valence-corrected chi connectivity index (χ4v) is 2.86. The first kappa shape index (κ1) is 17.2. The Bertz CT molecular complexity index is 708. The van der Waals surface area contributed by atoms with Gasteiger partial charge < -0.3 is 20.4 Å². The van der Waals surface area contributed by atoms with Crippen molar-refractivity contribution in [1.29, 1.82) is 0 Å². The van der Waals surface area contributed by atoms with Gasteiger partial charge in [0, 0.05) is 50.2 Å². The van der Waals surface area contributed by atoms with Crippen LogP contribution in [0.1, 0.15) is 11.1 Å². The SMILES string of the molecule is Cc1ccc(NC(=O)NCc2cccnc2N2CCN(C)CC2)cc1. The van der Waals surface area contributed by atoms with Crippen molar-refractivity contribution in [3.63, 3.8) is 0 Å². The Kier molecular flexibility index (Phi) is 5.50. The second kappa shape index (κ2) is 7.98. The lowest BCUT2D eigenvalue weighted by atomic mass is 10.2. The number of anilines is 2. The van der Waals surface area contributed by atoms with Crippen LogP contribution < -0.4 is 15.5 Å². The van der Waals surface area contributed by atoms with Crippen molar-refractivity contribution in [3.05, 3.63) is 53.7 Å². The van der Waals surface area contributed by atoms with E-state index in [0.29, 0.717) is 6.54 Å². The molecule has 1 aromatic carbocycles. The first-order valence-electron chi connectivity index (χ1n) is 8.61. The molecular weight excluding hydrogens is 314 g/mol. The summed E-state index contributed by atoms with van der Waals surface area (Å²) in [5.41, 5.74) is 2.98. The van der Waals surface area contributed by atoms with Crippen LogP contribution in [-0.4, -0.2) is 49.1 Å². The number of hydrogen-bond acceptors (Lipinski definition) is 4. The molecule has 2 aromatic rings. The first-order valence-corrected chi connectivity index (χ1v) is 8.61. The molecule has 1 saturated heterocycles. The quantitative estimate of drug-likeness (QED) is 0.898. The van der Waals surface area contributed by atoms with Gasteiger partial charge in [-0.25, -0.2) is 9.78 Å². The highest BCUT2D eigenvalue weighted by molar-refractivity contribution is 5.89. The minimum atomic E-state index is -0.211. The number of rotatable bonds is 4. The summed E-state index contributed by atoms with van der Waals surface area (Å²) in [6, 6.07) is 11.5. The number of aryl methyl sites for hydroxylation is 1. The molecule has 3 rings (SSSR count). The number of carbonyl (C=O) groups excluding carboxylic acids is 1. The summed E-state index contributed by atoms with van der Waals surface area (Å²) in [5.74, 6) is 0.964. The third-order valence-corrected chi connectivity index (χ3v) is 4.42. The molecule has 6 nitrogen and oxygen atoms in total. The second-order valence-electron chi connectivity index (χ2n) is 6.45. The molecule has 0 unspecified atom stereocenters. The fraction of sp³-hybridized carbons (Fsp3) is 0.368. The van der Waals surface area contributed by atoms with Gasteiger partial charge >= 0.3 is 6.03 Å². The number of urea groups is 1. The van der Waals surface area contributed by atoms with E-state index in [9.17, 15) is 4.79 Å². The molecule has 1 fully saturated rings. The predicted octanol–water partition coefficient (Wildman–Crippen LogP) is 2.46.